The molecule has 0 radical (unpaired) electrons. The lowest BCUT2D eigenvalue weighted by Crippen LogP contribution is -2.39. The summed E-state index contributed by atoms with van der Waals surface area (Å²) in [5, 5.41) is 1.03. The van der Waals surface area contributed by atoms with Crippen LogP contribution in [0.1, 0.15) is 43.3 Å². The second kappa shape index (κ2) is 8.69. The Labute approximate surface area is 208 Å². The van der Waals surface area contributed by atoms with Gasteiger partial charge in [-0.25, -0.2) is 9.97 Å². The molecule has 182 valence electrons. The number of thiophene rings is 1. The first kappa shape index (κ1) is 22.6. The molecule has 7 nitrogen and oxygen atoms in total. The predicted octanol–water partition coefficient (Wildman–Crippen LogP) is 4.30. The van der Waals surface area contributed by atoms with Gasteiger partial charge < -0.3 is 14.4 Å². The van der Waals surface area contributed by atoms with E-state index < -0.39 is 0 Å². The maximum Gasteiger partial charge on any atom is 0.271 e. The van der Waals surface area contributed by atoms with Gasteiger partial charge in [-0.3, -0.25) is 9.36 Å². The summed E-state index contributed by atoms with van der Waals surface area (Å²) in [7, 11) is 0. The zero-order chi connectivity index (χ0) is 24.2. The van der Waals surface area contributed by atoms with Gasteiger partial charge in [0.15, 0.2) is 0 Å². The van der Waals surface area contributed by atoms with Crippen LogP contribution in [-0.4, -0.2) is 46.4 Å². The molecule has 35 heavy (non-hydrogen) atoms. The van der Waals surface area contributed by atoms with Crippen molar-refractivity contribution < 1.29 is 9.47 Å². The number of ether oxygens (including phenoxy) is 2. The number of rotatable bonds is 4. The minimum absolute atomic E-state index is 0.0201. The van der Waals surface area contributed by atoms with Crippen molar-refractivity contribution in [3.63, 3.8) is 0 Å². The zero-order valence-corrected chi connectivity index (χ0v) is 21.3. The van der Waals surface area contributed by atoms with Crippen LogP contribution in [0.25, 0.3) is 20.4 Å². The molecule has 2 aliphatic heterocycles. The lowest BCUT2D eigenvalue weighted by atomic mass is 9.90. The van der Waals surface area contributed by atoms with Crippen LogP contribution in [0.4, 0.5) is 5.82 Å². The van der Waals surface area contributed by atoms with Crippen LogP contribution in [0, 0.1) is 0 Å². The van der Waals surface area contributed by atoms with Crippen molar-refractivity contribution in [1.82, 2.24) is 14.5 Å². The van der Waals surface area contributed by atoms with Gasteiger partial charge in [-0.05, 0) is 25.0 Å². The first-order chi connectivity index (χ1) is 16.9. The van der Waals surface area contributed by atoms with Crippen molar-refractivity contribution in [2.45, 2.75) is 52.4 Å². The Morgan fingerprint density at radius 3 is 2.60 bits per heavy atom. The van der Waals surface area contributed by atoms with Crippen LogP contribution in [-0.2, 0) is 35.5 Å². The summed E-state index contributed by atoms with van der Waals surface area (Å²) in [5.41, 5.74) is 3.99. The lowest BCUT2D eigenvalue weighted by molar-refractivity contribution is -0.0396. The van der Waals surface area contributed by atoms with Gasteiger partial charge in [0, 0.05) is 36.9 Å². The number of nitrogens with zero attached hydrogens (tertiary/aromatic N) is 4. The maximum atomic E-state index is 13.8. The molecular formula is C27H30N4O3S. The zero-order valence-electron chi connectivity index (χ0n) is 20.5. The number of hydrogen-bond donors (Lipinski definition) is 0. The number of hydrogen-bond acceptors (Lipinski definition) is 7. The largest absolute Gasteiger partial charge is 0.378 e. The van der Waals surface area contributed by atoms with E-state index in [1.165, 1.54) is 16.9 Å². The maximum absolute atomic E-state index is 13.8. The van der Waals surface area contributed by atoms with Gasteiger partial charge in [0.1, 0.15) is 21.2 Å². The molecule has 2 aliphatic rings. The number of pyridine rings is 1. The summed E-state index contributed by atoms with van der Waals surface area (Å²) in [4.78, 5) is 27.2. The van der Waals surface area contributed by atoms with E-state index in [-0.39, 0.29) is 11.2 Å². The Morgan fingerprint density at radius 2 is 1.86 bits per heavy atom. The summed E-state index contributed by atoms with van der Waals surface area (Å²) in [5.74, 6) is 1.78. The normalized spacial score (nSPS) is 17.7. The summed E-state index contributed by atoms with van der Waals surface area (Å²) >= 11 is 1.48. The number of morpholine rings is 1. The molecule has 0 saturated carbocycles. The van der Waals surface area contributed by atoms with Gasteiger partial charge >= 0.3 is 0 Å². The van der Waals surface area contributed by atoms with Gasteiger partial charge in [0.25, 0.3) is 5.56 Å². The van der Waals surface area contributed by atoms with Crippen LogP contribution < -0.4 is 10.5 Å². The van der Waals surface area contributed by atoms with E-state index in [9.17, 15) is 4.79 Å². The van der Waals surface area contributed by atoms with Crippen molar-refractivity contribution in [2.75, 3.05) is 31.2 Å². The second-order valence-electron chi connectivity index (χ2n) is 9.94. The number of anilines is 1. The van der Waals surface area contributed by atoms with Crippen LogP contribution in [0.15, 0.2) is 35.1 Å². The molecular weight excluding hydrogens is 460 g/mol. The third-order valence-electron chi connectivity index (χ3n) is 7.02. The highest BCUT2D eigenvalue weighted by molar-refractivity contribution is 7.25. The Hall–Kier alpha value is -2.81. The fourth-order valence-corrected chi connectivity index (χ4v) is 6.31. The Morgan fingerprint density at radius 1 is 1.09 bits per heavy atom. The summed E-state index contributed by atoms with van der Waals surface area (Å²) in [6.07, 6.45) is 1.45. The average Bonchev–Trinajstić information content (AvgIpc) is 3.24. The van der Waals surface area contributed by atoms with E-state index in [0.29, 0.717) is 37.5 Å². The van der Waals surface area contributed by atoms with E-state index in [2.05, 4.69) is 37.8 Å². The number of aryl methyl sites for hydroxylation is 1. The topological polar surface area (TPSA) is 69.5 Å². The van der Waals surface area contributed by atoms with E-state index in [4.69, 9.17) is 19.4 Å². The van der Waals surface area contributed by atoms with Crippen molar-refractivity contribution >= 4 is 37.6 Å². The molecule has 0 bridgehead atoms. The molecule has 0 N–H and O–H groups in total. The summed E-state index contributed by atoms with van der Waals surface area (Å²) in [6.45, 7) is 10.4. The third-order valence-corrected chi connectivity index (χ3v) is 8.08. The summed E-state index contributed by atoms with van der Waals surface area (Å²) < 4.78 is 14.3. The highest BCUT2D eigenvalue weighted by Crippen LogP contribution is 2.42. The van der Waals surface area contributed by atoms with Crippen LogP contribution in [0.5, 0.6) is 0 Å². The Bertz CT molecular complexity index is 1470. The van der Waals surface area contributed by atoms with Gasteiger partial charge in [-0.2, -0.15) is 0 Å². The monoisotopic (exact) mass is 490 g/mol. The third kappa shape index (κ3) is 3.93. The second-order valence-corrected chi connectivity index (χ2v) is 10.9. The molecule has 0 unspecified atom stereocenters. The molecule has 1 saturated heterocycles. The first-order valence-corrected chi connectivity index (χ1v) is 13.1. The van der Waals surface area contributed by atoms with E-state index in [1.807, 2.05) is 22.8 Å². The van der Waals surface area contributed by atoms with E-state index >= 15 is 0 Å². The highest BCUT2D eigenvalue weighted by Gasteiger charge is 2.33. The van der Waals surface area contributed by atoms with Crippen LogP contribution in [0.3, 0.4) is 0 Å². The molecule has 0 aliphatic carbocycles. The fourth-order valence-electron chi connectivity index (χ4n) is 5.22. The summed E-state index contributed by atoms with van der Waals surface area (Å²) in [6, 6.07) is 10.1. The fraction of sp³-hybridized carbons (Fsp3) is 0.444. The van der Waals surface area contributed by atoms with Crippen molar-refractivity contribution in [3.05, 3.63) is 63.2 Å². The van der Waals surface area contributed by atoms with Gasteiger partial charge in [-0.1, -0.05) is 37.3 Å². The molecule has 0 amide bonds. The van der Waals surface area contributed by atoms with Crippen LogP contribution >= 0.6 is 11.3 Å². The molecule has 4 aromatic rings. The Balaban J connectivity index is 1.60. The van der Waals surface area contributed by atoms with Gasteiger partial charge in [0.05, 0.1) is 37.5 Å². The molecule has 8 heteroatoms. The lowest BCUT2D eigenvalue weighted by Gasteiger charge is -2.36. The average molecular weight is 491 g/mol. The molecule has 3 aromatic heterocycles. The quantitative estimate of drug-likeness (QED) is 0.425. The standard InChI is InChI=1S/C27H30N4O3S/c1-4-20-28-22-21-18-14-27(2,3)34-16-19(18)24(30-10-12-33-13-11-30)29-25(21)35-23(22)26(32)31(20)15-17-8-6-5-7-9-17/h5-9H,4,10-16H2,1-3H3. The number of fused-ring (bicyclic) bond motifs is 5. The molecule has 6 rings (SSSR count). The van der Waals surface area contributed by atoms with Crippen molar-refractivity contribution in [3.8, 4) is 0 Å². The van der Waals surface area contributed by atoms with E-state index in [0.717, 1.165) is 58.0 Å². The Kier molecular flexibility index (Phi) is 5.62. The smallest absolute Gasteiger partial charge is 0.271 e. The molecule has 5 heterocycles. The molecule has 1 aromatic carbocycles. The van der Waals surface area contributed by atoms with Gasteiger partial charge in [-0.15, -0.1) is 11.3 Å². The molecule has 0 spiro atoms. The first-order valence-electron chi connectivity index (χ1n) is 12.3. The molecule has 1 fully saturated rings. The molecule has 0 atom stereocenters. The van der Waals surface area contributed by atoms with E-state index in [1.54, 1.807) is 0 Å². The number of benzene rings is 1. The highest BCUT2D eigenvalue weighted by atomic mass is 32.1. The minimum Gasteiger partial charge on any atom is -0.378 e. The SMILES string of the molecule is CCc1nc2c(sc3nc(N4CCOCC4)c4c(c32)CC(C)(C)OC4)c(=O)n1Cc1ccccc1. The van der Waals surface area contributed by atoms with Crippen molar-refractivity contribution in [1.29, 1.82) is 0 Å². The minimum atomic E-state index is -0.284. The predicted molar refractivity (Wildman–Crippen MR) is 140 cm³/mol. The van der Waals surface area contributed by atoms with Gasteiger partial charge in [0.2, 0.25) is 0 Å². The number of aromatic nitrogens is 3. The van der Waals surface area contributed by atoms with Crippen molar-refractivity contribution in [2.24, 2.45) is 0 Å². The van der Waals surface area contributed by atoms with Crippen LogP contribution in [0.2, 0.25) is 0 Å².